The van der Waals surface area contributed by atoms with Gasteiger partial charge in [0.05, 0.1) is 27.5 Å². The first-order chi connectivity index (χ1) is 16.1. The number of halogens is 4. The van der Waals surface area contributed by atoms with Gasteiger partial charge in [0.2, 0.25) is 5.89 Å². The molecule has 0 bridgehead atoms. The molecule has 1 atom stereocenters. The predicted molar refractivity (Wildman–Crippen MR) is 125 cm³/mol. The van der Waals surface area contributed by atoms with E-state index < -0.39 is 50.2 Å². The fourth-order valence-electron chi connectivity index (χ4n) is 4.54. The van der Waals surface area contributed by atoms with E-state index in [0.29, 0.717) is 0 Å². The number of rotatable bonds is 3. The third-order valence-electron chi connectivity index (χ3n) is 6.41. The Balaban J connectivity index is 1.66. The van der Waals surface area contributed by atoms with E-state index in [1.54, 1.807) is 20.8 Å². The number of sulfone groups is 1. The van der Waals surface area contributed by atoms with Gasteiger partial charge in [0.15, 0.2) is 0 Å². The summed E-state index contributed by atoms with van der Waals surface area (Å²) in [6.45, 7) is 5.47. The average molecular weight is 552 g/mol. The van der Waals surface area contributed by atoms with Crippen molar-refractivity contribution in [2.45, 2.75) is 51.1 Å². The normalized spacial score (nSPS) is 21.9. The van der Waals surface area contributed by atoms with Crippen LogP contribution in [0.5, 0.6) is 0 Å². The number of ether oxygens (including phenoxy) is 1. The molecule has 2 aliphatic rings. The lowest BCUT2D eigenvalue weighted by Crippen LogP contribution is -2.40. The molecular weight excluding hydrogens is 527 g/mol. The van der Waals surface area contributed by atoms with Crippen LogP contribution in [0.1, 0.15) is 56.9 Å². The molecule has 192 valence electrons. The van der Waals surface area contributed by atoms with Crippen molar-refractivity contribution in [3.63, 3.8) is 0 Å². The van der Waals surface area contributed by atoms with Crippen molar-refractivity contribution in [2.24, 2.45) is 5.41 Å². The van der Waals surface area contributed by atoms with E-state index in [1.807, 2.05) is 0 Å². The summed E-state index contributed by atoms with van der Waals surface area (Å²) in [4.78, 5) is 14.2. The first-order valence-electron chi connectivity index (χ1n) is 11.0. The zero-order valence-electron chi connectivity index (χ0n) is 19.4. The summed E-state index contributed by atoms with van der Waals surface area (Å²) >= 11 is 11.7. The Morgan fingerprint density at radius 2 is 1.83 bits per heavy atom. The number of amides is 1. The van der Waals surface area contributed by atoms with Crippen LogP contribution < -0.4 is 0 Å². The fraction of sp³-hybridized carbons (Fsp3) is 0.591. The minimum absolute atomic E-state index is 0.0465. The maximum Gasteiger partial charge on any atom is 0.410 e. The van der Waals surface area contributed by atoms with Crippen LogP contribution in [0, 0.1) is 5.41 Å². The van der Waals surface area contributed by atoms with Crippen LogP contribution in [0.2, 0.25) is 10.0 Å². The van der Waals surface area contributed by atoms with Crippen molar-refractivity contribution >= 4 is 39.1 Å². The van der Waals surface area contributed by atoms with E-state index in [-0.39, 0.29) is 53.4 Å². The quantitative estimate of drug-likeness (QED) is 0.526. The minimum Gasteiger partial charge on any atom is -0.444 e. The van der Waals surface area contributed by atoms with Crippen molar-refractivity contribution in [3.05, 3.63) is 45.6 Å². The van der Waals surface area contributed by atoms with Crippen LogP contribution in [0.25, 0.3) is 0 Å². The van der Waals surface area contributed by atoms with Gasteiger partial charge in [-0.15, -0.1) is 10.2 Å². The molecule has 0 N–H and O–H groups in total. The summed E-state index contributed by atoms with van der Waals surface area (Å²) in [6.07, 6.45) is -0.103. The van der Waals surface area contributed by atoms with Gasteiger partial charge < -0.3 is 14.1 Å². The van der Waals surface area contributed by atoms with Crippen molar-refractivity contribution in [1.82, 2.24) is 15.1 Å². The monoisotopic (exact) mass is 551 g/mol. The number of aromatic nitrogens is 2. The Labute approximate surface area is 211 Å². The van der Waals surface area contributed by atoms with Crippen LogP contribution in [0.3, 0.4) is 0 Å². The Morgan fingerprint density at radius 3 is 2.43 bits per heavy atom. The van der Waals surface area contributed by atoms with Crippen LogP contribution in [0.15, 0.2) is 22.6 Å². The molecule has 13 heteroatoms. The second-order valence-electron chi connectivity index (χ2n) is 10.1. The number of nitrogens with zero attached hydrogens (tertiary/aromatic N) is 3. The molecule has 4 rings (SSSR count). The molecule has 1 unspecified atom stereocenters. The molecule has 0 aliphatic carbocycles. The van der Waals surface area contributed by atoms with E-state index in [2.05, 4.69) is 10.2 Å². The van der Waals surface area contributed by atoms with Crippen LogP contribution in [-0.2, 0) is 20.5 Å². The SMILES string of the molecule is CC(C)(C)OC(=O)N1CC(c2nnc(C(F)(F)c3ccc(Cl)c(Cl)c3)o2)C2(CCS(=O)(=O)CC2)C1. The molecule has 2 aliphatic heterocycles. The van der Waals surface area contributed by atoms with E-state index in [1.165, 1.54) is 11.0 Å². The van der Waals surface area contributed by atoms with E-state index >= 15 is 8.78 Å². The third kappa shape index (κ3) is 5.27. The van der Waals surface area contributed by atoms with Crippen molar-refractivity contribution in [1.29, 1.82) is 0 Å². The van der Waals surface area contributed by atoms with Crippen molar-refractivity contribution in [3.8, 4) is 0 Å². The molecule has 8 nitrogen and oxygen atoms in total. The maximum absolute atomic E-state index is 15.2. The molecule has 1 spiro atoms. The number of alkyl halides is 2. The number of likely N-dealkylation sites (tertiary alicyclic amines) is 1. The summed E-state index contributed by atoms with van der Waals surface area (Å²) < 4.78 is 65.5. The van der Waals surface area contributed by atoms with E-state index in [4.69, 9.17) is 32.4 Å². The molecule has 0 radical (unpaired) electrons. The van der Waals surface area contributed by atoms with Gasteiger partial charge in [0.1, 0.15) is 15.4 Å². The summed E-state index contributed by atoms with van der Waals surface area (Å²) in [7, 11) is -3.22. The van der Waals surface area contributed by atoms with Gasteiger partial charge in [-0.2, -0.15) is 8.78 Å². The van der Waals surface area contributed by atoms with Crippen molar-refractivity contribution in [2.75, 3.05) is 24.6 Å². The zero-order chi connectivity index (χ0) is 25.8. The minimum atomic E-state index is -3.65. The van der Waals surface area contributed by atoms with Crippen LogP contribution in [-0.4, -0.2) is 59.8 Å². The lowest BCUT2D eigenvalue weighted by atomic mass is 9.73. The predicted octanol–water partition coefficient (Wildman–Crippen LogP) is 5.05. The highest BCUT2D eigenvalue weighted by Crippen LogP contribution is 2.51. The number of hydrogen-bond acceptors (Lipinski definition) is 7. The molecule has 35 heavy (non-hydrogen) atoms. The molecule has 2 fully saturated rings. The highest BCUT2D eigenvalue weighted by molar-refractivity contribution is 7.91. The molecule has 1 aromatic carbocycles. The van der Waals surface area contributed by atoms with E-state index in [9.17, 15) is 13.2 Å². The standard InChI is InChI=1S/C22H25Cl2F2N3O5S/c1-20(2,3)34-19(30)29-11-14(21(12-29)6-8-35(31,32)9-7-21)17-27-28-18(33-17)22(25,26)13-4-5-15(23)16(24)10-13/h4-5,10,14H,6-9,11-12H2,1-3H3. The first kappa shape index (κ1) is 26.1. The van der Waals surface area contributed by atoms with E-state index in [0.717, 1.165) is 12.1 Å². The Kier molecular flexibility index (Phi) is 6.59. The topological polar surface area (TPSA) is 103 Å². The Bertz CT molecular complexity index is 1230. The highest BCUT2D eigenvalue weighted by atomic mass is 35.5. The van der Waals surface area contributed by atoms with Crippen molar-refractivity contribution < 1.29 is 31.1 Å². The lowest BCUT2D eigenvalue weighted by Gasteiger charge is -2.36. The molecule has 2 aromatic rings. The van der Waals surface area contributed by atoms with Gasteiger partial charge in [-0.3, -0.25) is 0 Å². The molecular formula is C22H25Cl2F2N3O5S. The van der Waals surface area contributed by atoms with Gasteiger partial charge in [0, 0.05) is 24.1 Å². The number of carbonyl (C=O) groups excluding carboxylic acids is 1. The lowest BCUT2D eigenvalue weighted by molar-refractivity contribution is 0.0109. The fourth-order valence-corrected chi connectivity index (χ4v) is 6.48. The largest absolute Gasteiger partial charge is 0.444 e. The van der Waals surface area contributed by atoms with Crippen LogP contribution in [0.4, 0.5) is 13.6 Å². The molecule has 2 saturated heterocycles. The molecule has 3 heterocycles. The van der Waals surface area contributed by atoms with Crippen LogP contribution >= 0.6 is 23.2 Å². The highest BCUT2D eigenvalue weighted by Gasteiger charge is 2.54. The first-order valence-corrected chi connectivity index (χ1v) is 13.6. The van der Waals surface area contributed by atoms with Gasteiger partial charge in [-0.05, 0) is 45.7 Å². The molecule has 1 aromatic heterocycles. The van der Waals surface area contributed by atoms with Gasteiger partial charge in [-0.25, -0.2) is 13.2 Å². The van der Waals surface area contributed by atoms with Gasteiger partial charge >= 0.3 is 12.0 Å². The number of benzene rings is 1. The molecule has 0 saturated carbocycles. The second-order valence-corrected chi connectivity index (χ2v) is 13.2. The summed E-state index contributed by atoms with van der Waals surface area (Å²) in [6, 6.07) is 3.39. The molecule has 1 amide bonds. The number of hydrogen-bond donors (Lipinski definition) is 0. The average Bonchev–Trinajstić information content (AvgIpc) is 3.37. The summed E-state index contributed by atoms with van der Waals surface area (Å²) in [5.74, 6) is -5.44. The zero-order valence-corrected chi connectivity index (χ0v) is 21.7. The number of carbonyl (C=O) groups is 1. The smallest absolute Gasteiger partial charge is 0.410 e. The third-order valence-corrected chi connectivity index (χ3v) is 8.80. The van der Waals surface area contributed by atoms with Gasteiger partial charge in [-0.1, -0.05) is 29.3 Å². The maximum atomic E-state index is 15.2. The van der Waals surface area contributed by atoms with Gasteiger partial charge in [0.25, 0.3) is 5.89 Å². The summed E-state index contributed by atoms with van der Waals surface area (Å²) in [5, 5.41) is 7.58. The second kappa shape index (κ2) is 8.85. The Hall–Kier alpha value is -1.98. The summed E-state index contributed by atoms with van der Waals surface area (Å²) in [5.41, 5.74) is -1.93. The Morgan fingerprint density at radius 1 is 1.17 bits per heavy atom.